The topological polar surface area (TPSA) is 31.2 Å². The van der Waals surface area contributed by atoms with Crippen LogP contribution in [0.25, 0.3) is 5.69 Å². The maximum atomic E-state index is 13.0. The standard InChI is InChI=1S/C19H16FNO2S/c20-15-6-8-16(9-7-15)21-11-10-17(14-19(21)22)23-12-13-24-18-4-2-1-3-5-18/h1-11,14H,12-13H2. The Morgan fingerprint density at radius 1 is 1.00 bits per heavy atom. The normalized spacial score (nSPS) is 10.5. The van der Waals surface area contributed by atoms with Gasteiger partial charge in [0.15, 0.2) is 0 Å². The van der Waals surface area contributed by atoms with Gasteiger partial charge in [-0.05, 0) is 42.5 Å². The summed E-state index contributed by atoms with van der Waals surface area (Å²) in [6, 6.07) is 19.0. The smallest absolute Gasteiger partial charge is 0.258 e. The third kappa shape index (κ3) is 4.26. The second-order valence-corrected chi connectivity index (χ2v) is 6.23. The number of pyridine rings is 1. The number of hydrogen-bond donors (Lipinski definition) is 0. The fraction of sp³-hybridized carbons (Fsp3) is 0.105. The zero-order valence-corrected chi connectivity index (χ0v) is 13.7. The van der Waals surface area contributed by atoms with Gasteiger partial charge in [-0.3, -0.25) is 9.36 Å². The number of nitrogens with zero attached hydrogens (tertiary/aromatic N) is 1. The lowest BCUT2D eigenvalue weighted by Crippen LogP contribution is -2.17. The van der Waals surface area contributed by atoms with E-state index >= 15 is 0 Å². The maximum Gasteiger partial charge on any atom is 0.258 e. The molecule has 0 fully saturated rings. The van der Waals surface area contributed by atoms with E-state index in [4.69, 9.17) is 4.74 Å². The first-order chi connectivity index (χ1) is 11.7. The zero-order chi connectivity index (χ0) is 16.8. The van der Waals surface area contributed by atoms with Gasteiger partial charge in [-0.25, -0.2) is 4.39 Å². The molecule has 3 aromatic rings. The molecule has 2 aromatic carbocycles. The molecule has 122 valence electrons. The lowest BCUT2D eigenvalue weighted by atomic mass is 10.3. The highest BCUT2D eigenvalue weighted by Gasteiger charge is 2.03. The van der Waals surface area contributed by atoms with Gasteiger partial charge in [0.2, 0.25) is 0 Å². The number of aromatic nitrogens is 1. The van der Waals surface area contributed by atoms with Crippen molar-refractivity contribution in [2.24, 2.45) is 0 Å². The van der Waals surface area contributed by atoms with E-state index in [0.717, 1.165) is 5.75 Å². The Labute approximate surface area is 143 Å². The van der Waals surface area contributed by atoms with Gasteiger partial charge in [-0.1, -0.05) is 18.2 Å². The highest BCUT2D eigenvalue weighted by atomic mass is 32.2. The van der Waals surface area contributed by atoms with Crippen LogP contribution in [-0.4, -0.2) is 16.9 Å². The van der Waals surface area contributed by atoms with Gasteiger partial charge in [0.25, 0.3) is 5.56 Å². The number of hydrogen-bond acceptors (Lipinski definition) is 3. The van der Waals surface area contributed by atoms with Gasteiger partial charge in [0.05, 0.1) is 6.61 Å². The molecule has 3 rings (SSSR count). The van der Waals surface area contributed by atoms with Crippen LogP contribution in [0, 0.1) is 5.82 Å². The highest BCUT2D eigenvalue weighted by Crippen LogP contribution is 2.17. The number of thioether (sulfide) groups is 1. The van der Waals surface area contributed by atoms with Crippen molar-refractivity contribution in [2.45, 2.75) is 4.90 Å². The minimum atomic E-state index is -0.331. The number of rotatable bonds is 6. The van der Waals surface area contributed by atoms with Crippen LogP contribution in [0.5, 0.6) is 5.75 Å². The van der Waals surface area contributed by atoms with Crippen molar-refractivity contribution < 1.29 is 9.13 Å². The molecule has 24 heavy (non-hydrogen) atoms. The summed E-state index contributed by atoms with van der Waals surface area (Å²) in [5, 5.41) is 0. The Bertz CT molecular complexity index is 847. The van der Waals surface area contributed by atoms with Gasteiger partial charge in [-0.2, -0.15) is 0 Å². The van der Waals surface area contributed by atoms with E-state index in [-0.39, 0.29) is 11.4 Å². The van der Waals surface area contributed by atoms with Crippen molar-refractivity contribution in [2.75, 3.05) is 12.4 Å². The summed E-state index contributed by atoms with van der Waals surface area (Å²) >= 11 is 1.70. The van der Waals surface area contributed by atoms with Gasteiger partial charge < -0.3 is 4.74 Å². The van der Waals surface area contributed by atoms with Gasteiger partial charge in [0, 0.05) is 28.6 Å². The summed E-state index contributed by atoms with van der Waals surface area (Å²) in [6.45, 7) is 0.513. The largest absolute Gasteiger partial charge is 0.492 e. The predicted molar refractivity (Wildman–Crippen MR) is 94.7 cm³/mol. The van der Waals surface area contributed by atoms with E-state index < -0.39 is 0 Å². The molecule has 0 radical (unpaired) electrons. The van der Waals surface area contributed by atoms with Crippen molar-refractivity contribution in [3.8, 4) is 11.4 Å². The Kier molecular flexibility index (Phi) is 5.33. The molecular weight excluding hydrogens is 325 g/mol. The first-order valence-corrected chi connectivity index (χ1v) is 8.50. The monoisotopic (exact) mass is 341 g/mol. The summed E-state index contributed by atoms with van der Waals surface area (Å²) in [4.78, 5) is 13.4. The van der Waals surface area contributed by atoms with Gasteiger partial charge in [-0.15, -0.1) is 11.8 Å². The predicted octanol–water partition coefficient (Wildman–Crippen LogP) is 4.15. The van der Waals surface area contributed by atoms with Crippen molar-refractivity contribution in [3.63, 3.8) is 0 Å². The molecule has 0 aliphatic rings. The first-order valence-electron chi connectivity index (χ1n) is 7.52. The molecule has 0 N–H and O–H groups in total. The number of halogens is 1. The second kappa shape index (κ2) is 7.84. The average molecular weight is 341 g/mol. The van der Waals surface area contributed by atoms with E-state index in [1.807, 2.05) is 18.2 Å². The Morgan fingerprint density at radius 3 is 2.46 bits per heavy atom. The molecule has 0 aliphatic heterocycles. The van der Waals surface area contributed by atoms with Crippen LogP contribution in [0.4, 0.5) is 4.39 Å². The Hall–Kier alpha value is -2.53. The molecule has 3 nitrogen and oxygen atoms in total. The number of ether oxygens (including phenoxy) is 1. The molecule has 0 saturated heterocycles. The fourth-order valence-electron chi connectivity index (χ4n) is 2.20. The summed E-state index contributed by atoms with van der Waals surface area (Å²) in [6.07, 6.45) is 1.63. The molecule has 0 unspecified atom stereocenters. The number of benzene rings is 2. The van der Waals surface area contributed by atoms with Crippen molar-refractivity contribution in [1.82, 2.24) is 4.57 Å². The second-order valence-electron chi connectivity index (χ2n) is 5.06. The van der Waals surface area contributed by atoms with Crippen LogP contribution in [-0.2, 0) is 0 Å². The Morgan fingerprint density at radius 2 is 1.75 bits per heavy atom. The van der Waals surface area contributed by atoms with E-state index in [9.17, 15) is 9.18 Å². The van der Waals surface area contributed by atoms with E-state index in [2.05, 4.69) is 12.1 Å². The fourth-order valence-corrected chi connectivity index (χ4v) is 2.95. The van der Waals surface area contributed by atoms with Crippen molar-refractivity contribution >= 4 is 11.8 Å². The van der Waals surface area contributed by atoms with Crippen LogP contribution >= 0.6 is 11.8 Å². The maximum absolute atomic E-state index is 13.0. The van der Waals surface area contributed by atoms with E-state index in [1.54, 1.807) is 36.2 Å². The average Bonchev–Trinajstić information content (AvgIpc) is 2.61. The molecule has 0 amide bonds. The first kappa shape index (κ1) is 16.3. The van der Waals surface area contributed by atoms with Crippen LogP contribution in [0.2, 0.25) is 0 Å². The zero-order valence-electron chi connectivity index (χ0n) is 12.9. The quantitative estimate of drug-likeness (QED) is 0.499. The summed E-state index contributed by atoms with van der Waals surface area (Å²) < 4.78 is 20.0. The third-order valence-corrected chi connectivity index (χ3v) is 4.34. The van der Waals surface area contributed by atoms with Gasteiger partial charge >= 0.3 is 0 Å². The molecule has 0 bridgehead atoms. The lowest BCUT2D eigenvalue weighted by molar-refractivity contribution is 0.343. The molecule has 0 atom stereocenters. The molecule has 5 heteroatoms. The summed E-state index contributed by atoms with van der Waals surface area (Å²) in [5.74, 6) is 1.00. The third-order valence-electron chi connectivity index (χ3n) is 3.36. The van der Waals surface area contributed by atoms with Crippen molar-refractivity contribution in [3.05, 3.63) is 89.1 Å². The highest BCUT2D eigenvalue weighted by molar-refractivity contribution is 7.99. The summed E-state index contributed by atoms with van der Waals surface area (Å²) in [5.41, 5.74) is 0.405. The SMILES string of the molecule is O=c1cc(OCCSc2ccccc2)ccn1-c1ccc(F)cc1. The minimum Gasteiger partial charge on any atom is -0.492 e. The van der Waals surface area contributed by atoms with Crippen LogP contribution in [0.15, 0.2) is 82.6 Å². The summed E-state index contributed by atoms with van der Waals surface area (Å²) in [7, 11) is 0. The van der Waals surface area contributed by atoms with Crippen LogP contribution in [0.3, 0.4) is 0 Å². The molecule has 1 heterocycles. The molecule has 0 saturated carbocycles. The molecule has 0 aliphatic carbocycles. The lowest BCUT2D eigenvalue weighted by Gasteiger charge is -2.09. The Balaban J connectivity index is 1.58. The molecule has 0 spiro atoms. The van der Waals surface area contributed by atoms with Gasteiger partial charge in [0.1, 0.15) is 11.6 Å². The minimum absolute atomic E-state index is 0.213. The van der Waals surface area contributed by atoms with Crippen LogP contribution < -0.4 is 10.3 Å². The van der Waals surface area contributed by atoms with Crippen molar-refractivity contribution in [1.29, 1.82) is 0 Å². The van der Waals surface area contributed by atoms with E-state index in [1.165, 1.54) is 27.7 Å². The molecular formula is C19H16FNO2S. The van der Waals surface area contributed by atoms with Crippen LogP contribution in [0.1, 0.15) is 0 Å². The molecule has 1 aromatic heterocycles. The van der Waals surface area contributed by atoms with E-state index in [0.29, 0.717) is 18.0 Å².